The molecule has 0 amide bonds. The van der Waals surface area contributed by atoms with Crippen molar-refractivity contribution in [1.82, 2.24) is 0 Å². The van der Waals surface area contributed by atoms with Crippen LogP contribution in [0.1, 0.15) is 13.3 Å². The van der Waals surface area contributed by atoms with Gasteiger partial charge < -0.3 is 5.11 Å². The average Bonchev–Trinajstić information content (AvgIpc) is 1.88. The van der Waals surface area contributed by atoms with Crippen LogP contribution >= 0.6 is 0 Å². The first-order chi connectivity index (χ1) is 4.70. The second kappa shape index (κ2) is 2.64. The van der Waals surface area contributed by atoms with Crippen LogP contribution in [-0.2, 0) is 4.79 Å². The van der Waals surface area contributed by atoms with Gasteiger partial charge in [0.2, 0.25) is 0 Å². The smallest absolute Gasteiger partial charge is 0.354 e. The lowest BCUT2D eigenvalue weighted by molar-refractivity contribution is -0.129. The van der Waals surface area contributed by atoms with Crippen molar-refractivity contribution in [3.8, 4) is 0 Å². The third kappa shape index (κ3) is 1.43. The molecule has 0 aromatic carbocycles. The van der Waals surface area contributed by atoms with E-state index in [9.17, 15) is 4.79 Å². The summed E-state index contributed by atoms with van der Waals surface area (Å²) in [6.07, 6.45) is 4.22. The Labute approximate surface area is 59.1 Å². The third-order valence-corrected chi connectivity index (χ3v) is 1.33. The molecule has 0 saturated heterocycles. The topological polar surface area (TPSA) is 49.7 Å². The van der Waals surface area contributed by atoms with E-state index in [4.69, 9.17) is 5.11 Å². The molecule has 1 aliphatic heterocycles. The summed E-state index contributed by atoms with van der Waals surface area (Å²) in [6, 6.07) is 0.121. The lowest BCUT2D eigenvalue weighted by Gasteiger charge is -2.07. The minimum absolute atomic E-state index is 0.121. The molecule has 3 heteroatoms. The summed E-state index contributed by atoms with van der Waals surface area (Å²) < 4.78 is 0. The number of carboxylic acid groups (broad SMARTS) is 1. The molecule has 0 bridgehead atoms. The van der Waals surface area contributed by atoms with Gasteiger partial charge in [-0.25, -0.2) is 4.79 Å². The molecule has 0 saturated carbocycles. The van der Waals surface area contributed by atoms with Crippen molar-refractivity contribution in [3.05, 3.63) is 12.2 Å². The molecular weight excluding hydrogens is 130 g/mol. The number of carboxylic acids is 1. The highest BCUT2D eigenvalue weighted by molar-refractivity contribution is 6.40. The summed E-state index contributed by atoms with van der Waals surface area (Å²) in [5.74, 6) is -0.942. The largest absolute Gasteiger partial charge is 0.477 e. The molecular formula is C7H9NO2. The number of hydrogen-bond donors (Lipinski definition) is 1. The first-order valence-corrected chi connectivity index (χ1v) is 3.18. The summed E-state index contributed by atoms with van der Waals surface area (Å²) >= 11 is 0. The Morgan fingerprint density at radius 2 is 2.60 bits per heavy atom. The zero-order valence-electron chi connectivity index (χ0n) is 5.74. The van der Waals surface area contributed by atoms with E-state index in [0.717, 1.165) is 6.42 Å². The monoisotopic (exact) mass is 139 g/mol. The highest BCUT2D eigenvalue weighted by atomic mass is 16.4. The molecule has 1 atom stereocenters. The minimum atomic E-state index is -0.942. The van der Waals surface area contributed by atoms with Gasteiger partial charge in [-0.2, -0.15) is 0 Å². The molecule has 0 aliphatic carbocycles. The lowest BCUT2D eigenvalue weighted by Crippen LogP contribution is -2.16. The number of aliphatic imine (C=N–C) groups is 1. The van der Waals surface area contributed by atoms with Crippen molar-refractivity contribution < 1.29 is 9.90 Å². The van der Waals surface area contributed by atoms with Gasteiger partial charge in [0.15, 0.2) is 0 Å². The van der Waals surface area contributed by atoms with Crippen molar-refractivity contribution in [3.63, 3.8) is 0 Å². The van der Waals surface area contributed by atoms with E-state index in [1.807, 2.05) is 13.0 Å². The predicted octanol–water partition coefficient (Wildman–Crippen LogP) is 0.860. The van der Waals surface area contributed by atoms with Gasteiger partial charge in [-0.05, 0) is 19.4 Å². The number of carbonyl (C=O) groups is 1. The van der Waals surface area contributed by atoms with Crippen LogP contribution in [0.4, 0.5) is 0 Å². The number of dihydropyridines is 1. The van der Waals surface area contributed by atoms with E-state index < -0.39 is 5.97 Å². The fourth-order valence-corrected chi connectivity index (χ4v) is 0.836. The molecule has 54 valence electrons. The first-order valence-electron chi connectivity index (χ1n) is 3.18. The Balaban J connectivity index is 2.76. The van der Waals surface area contributed by atoms with Crippen LogP contribution in [0.15, 0.2) is 17.1 Å². The van der Waals surface area contributed by atoms with Crippen LogP contribution in [-0.4, -0.2) is 22.8 Å². The first kappa shape index (κ1) is 6.99. The molecule has 10 heavy (non-hydrogen) atoms. The Morgan fingerprint density at radius 1 is 1.90 bits per heavy atom. The number of nitrogens with zero attached hydrogens (tertiary/aromatic N) is 1. The third-order valence-electron chi connectivity index (χ3n) is 1.33. The van der Waals surface area contributed by atoms with Crippen molar-refractivity contribution in [2.45, 2.75) is 19.4 Å². The molecule has 1 heterocycles. The Hall–Kier alpha value is -1.12. The van der Waals surface area contributed by atoms with Crippen molar-refractivity contribution in [2.24, 2.45) is 4.99 Å². The molecule has 0 fully saturated rings. The van der Waals surface area contributed by atoms with Crippen LogP contribution in [0.25, 0.3) is 0 Å². The molecule has 0 aromatic heterocycles. The Bertz CT molecular complexity index is 206. The van der Waals surface area contributed by atoms with Gasteiger partial charge >= 0.3 is 5.97 Å². The zero-order chi connectivity index (χ0) is 7.56. The molecule has 0 aromatic rings. The van der Waals surface area contributed by atoms with Crippen LogP contribution in [0.2, 0.25) is 0 Å². The van der Waals surface area contributed by atoms with E-state index in [1.165, 1.54) is 0 Å². The van der Waals surface area contributed by atoms with Gasteiger partial charge in [0, 0.05) is 0 Å². The highest BCUT2D eigenvalue weighted by Crippen LogP contribution is 2.05. The second-order valence-corrected chi connectivity index (χ2v) is 2.31. The molecule has 3 nitrogen and oxygen atoms in total. The lowest BCUT2D eigenvalue weighted by atomic mass is 10.1. The minimum Gasteiger partial charge on any atom is -0.477 e. The van der Waals surface area contributed by atoms with Crippen molar-refractivity contribution in [1.29, 1.82) is 0 Å². The van der Waals surface area contributed by atoms with Gasteiger partial charge in [-0.15, -0.1) is 0 Å². The van der Waals surface area contributed by atoms with Gasteiger partial charge in [0.1, 0.15) is 5.71 Å². The molecule has 0 spiro atoms. The summed E-state index contributed by atoms with van der Waals surface area (Å²) in [6.45, 7) is 1.90. The standard InChI is InChI=1S/C7H9NO2/c1-5-3-2-4-6(8-5)7(9)10/h2,4-5H,3H2,1H3,(H,9,10)/t5-/m1/s1. The van der Waals surface area contributed by atoms with Crippen LogP contribution in [0.5, 0.6) is 0 Å². The summed E-state index contributed by atoms with van der Waals surface area (Å²) in [7, 11) is 0. The SMILES string of the molecule is C[C@@H]1CC=CC(C(=O)O)=N1. The van der Waals surface area contributed by atoms with E-state index in [2.05, 4.69) is 4.99 Å². The van der Waals surface area contributed by atoms with Crippen LogP contribution in [0.3, 0.4) is 0 Å². The number of rotatable bonds is 1. The number of aliphatic carboxylic acids is 1. The quantitative estimate of drug-likeness (QED) is 0.585. The summed E-state index contributed by atoms with van der Waals surface area (Å²) in [5.41, 5.74) is 0.166. The van der Waals surface area contributed by atoms with Crippen molar-refractivity contribution >= 4 is 11.7 Å². The maximum absolute atomic E-state index is 10.3. The molecule has 0 unspecified atom stereocenters. The fraction of sp³-hybridized carbons (Fsp3) is 0.429. The Kier molecular flexibility index (Phi) is 1.85. The van der Waals surface area contributed by atoms with Gasteiger partial charge in [0.25, 0.3) is 0 Å². The molecule has 1 rings (SSSR count). The summed E-state index contributed by atoms with van der Waals surface area (Å²) in [5, 5.41) is 8.47. The average molecular weight is 139 g/mol. The van der Waals surface area contributed by atoms with Crippen LogP contribution < -0.4 is 0 Å². The van der Waals surface area contributed by atoms with E-state index >= 15 is 0 Å². The normalized spacial score (nSPS) is 24.1. The van der Waals surface area contributed by atoms with Gasteiger partial charge in [-0.3, -0.25) is 4.99 Å². The van der Waals surface area contributed by atoms with E-state index in [0.29, 0.717) is 0 Å². The van der Waals surface area contributed by atoms with Crippen LogP contribution in [0, 0.1) is 0 Å². The second-order valence-electron chi connectivity index (χ2n) is 2.31. The van der Waals surface area contributed by atoms with Gasteiger partial charge in [-0.1, -0.05) is 6.08 Å². The van der Waals surface area contributed by atoms with Gasteiger partial charge in [0.05, 0.1) is 6.04 Å². The predicted molar refractivity (Wildman–Crippen MR) is 38.3 cm³/mol. The molecule has 1 aliphatic rings. The van der Waals surface area contributed by atoms with E-state index in [-0.39, 0.29) is 11.8 Å². The summed E-state index contributed by atoms with van der Waals surface area (Å²) in [4.78, 5) is 14.2. The molecule has 1 N–H and O–H groups in total. The molecule has 0 radical (unpaired) electrons. The number of hydrogen-bond acceptors (Lipinski definition) is 2. The Morgan fingerprint density at radius 3 is 3.00 bits per heavy atom. The van der Waals surface area contributed by atoms with E-state index in [1.54, 1.807) is 6.08 Å². The fourth-order valence-electron chi connectivity index (χ4n) is 0.836. The zero-order valence-corrected chi connectivity index (χ0v) is 5.74. The maximum atomic E-state index is 10.3. The maximum Gasteiger partial charge on any atom is 0.354 e. The van der Waals surface area contributed by atoms with Crippen molar-refractivity contribution in [2.75, 3.05) is 0 Å². The highest BCUT2D eigenvalue weighted by Gasteiger charge is 2.10.